The summed E-state index contributed by atoms with van der Waals surface area (Å²) in [5.41, 5.74) is 0.854. The molecule has 1 rings (SSSR count). The van der Waals surface area contributed by atoms with Gasteiger partial charge >= 0.3 is 5.97 Å². The van der Waals surface area contributed by atoms with Gasteiger partial charge in [-0.1, -0.05) is 13.3 Å². The first-order valence-electron chi connectivity index (χ1n) is 5.65. The Bertz CT molecular complexity index is 238. The minimum atomic E-state index is -0.753. The number of carboxylic acid groups (broad SMARTS) is 1. The molecule has 0 atom stereocenters. The Morgan fingerprint density at radius 3 is 2.44 bits per heavy atom. The van der Waals surface area contributed by atoms with Crippen molar-refractivity contribution in [2.45, 2.75) is 32.6 Å². The van der Waals surface area contributed by atoms with Crippen molar-refractivity contribution in [1.82, 2.24) is 4.90 Å². The fraction of sp³-hybridized carbons (Fsp3) is 0.818. The van der Waals surface area contributed by atoms with E-state index in [2.05, 4.69) is 6.92 Å². The summed E-state index contributed by atoms with van der Waals surface area (Å²) < 4.78 is 0. The maximum atomic E-state index is 10.5. The van der Waals surface area contributed by atoms with E-state index < -0.39 is 5.97 Å². The lowest BCUT2D eigenvalue weighted by Gasteiger charge is -2.31. The lowest BCUT2D eigenvalue weighted by molar-refractivity contribution is -0.138. The first kappa shape index (κ1) is 15.4. The van der Waals surface area contributed by atoms with Crippen LogP contribution in [0.3, 0.4) is 0 Å². The Morgan fingerprint density at radius 1 is 1.44 bits per heavy atom. The number of carbonyl (C=O) groups is 1. The highest BCUT2D eigenvalue weighted by Crippen LogP contribution is 2.19. The van der Waals surface area contributed by atoms with Crippen LogP contribution in [0.4, 0.5) is 0 Å². The molecule has 2 N–H and O–H groups in total. The van der Waals surface area contributed by atoms with Crippen LogP contribution in [0.2, 0.25) is 0 Å². The molecule has 0 saturated carbocycles. The summed E-state index contributed by atoms with van der Waals surface area (Å²) in [5.74, 6) is -0.355. The first-order valence-corrected chi connectivity index (χ1v) is 5.65. The van der Waals surface area contributed by atoms with Gasteiger partial charge in [0.2, 0.25) is 0 Å². The molecular weight excluding hydrogens is 228 g/mol. The van der Waals surface area contributed by atoms with Gasteiger partial charge in [-0.3, -0.25) is 9.69 Å². The van der Waals surface area contributed by atoms with Crippen LogP contribution in [-0.2, 0) is 4.79 Å². The van der Waals surface area contributed by atoms with Gasteiger partial charge in [-0.25, -0.2) is 0 Å². The molecule has 94 valence electrons. The fourth-order valence-corrected chi connectivity index (χ4v) is 2.10. The third-order valence-corrected chi connectivity index (χ3v) is 2.96. The van der Waals surface area contributed by atoms with Crippen LogP contribution < -0.4 is 0 Å². The van der Waals surface area contributed by atoms with Gasteiger partial charge in [-0.05, 0) is 38.3 Å². The monoisotopic (exact) mass is 248 g/mol. The Balaban J connectivity index is 0.00000225. The van der Waals surface area contributed by atoms with Crippen LogP contribution in [0.25, 0.3) is 0 Å². The van der Waals surface area contributed by atoms with E-state index in [0.29, 0.717) is 5.92 Å². The summed E-state index contributed by atoms with van der Waals surface area (Å²) in [6.45, 7) is 3.88. The fourth-order valence-electron chi connectivity index (χ4n) is 2.10. The van der Waals surface area contributed by atoms with Gasteiger partial charge in [-0.2, -0.15) is 0 Å². The molecule has 0 amide bonds. The zero-order valence-electron chi connectivity index (χ0n) is 9.74. The molecule has 0 aromatic rings. The highest BCUT2D eigenvalue weighted by atomic mass is 35.5. The summed E-state index contributed by atoms with van der Waals surface area (Å²) in [7, 11) is 0. The second-order valence-electron chi connectivity index (χ2n) is 4.22. The largest absolute Gasteiger partial charge is 0.480 e. The summed E-state index contributed by atoms with van der Waals surface area (Å²) in [6.07, 6.45) is 3.83. The van der Waals surface area contributed by atoms with E-state index in [9.17, 15) is 4.79 Å². The number of aliphatic carboxylic acids is 1. The van der Waals surface area contributed by atoms with E-state index in [1.54, 1.807) is 0 Å². The number of piperidine rings is 1. The lowest BCUT2D eigenvalue weighted by atomic mass is 9.90. The maximum Gasteiger partial charge on any atom is 0.317 e. The SMILES string of the molecule is CCCC(=N)C1CCN(CC(=O)O)CC1.Cl. The molecule has 0 aromatic heterocycles. The normalized spacial score (nSPS) is 17.8. The molecule has 4 nitrogen and oxygen atoms in total. The number of nitrogens with one attached hydrogen (secondary N) is 1. The molecule has 1 aliphatic rings. The van der Waals surface area contributed by atoms with Gasteiger partial charge in [0.1, 0.15) is 0 Å². The van der Waals surface area contributed by atoms with E-state index in [1.165, 1.54) is 0 Å². The molecule has 0 unspecified atom stereocenters. The number of hydrogen-bond acceptors (Lipinski definition) is 3. The number of halogens is 1. The highest BCUT2D eigenvalue weighted by Gasteiger charge is 2.22. The van der Waals surface area contributed by atoms with Gasteiger partial charge in [-0.15, -0.1) is 12.4 Å². The molecule has 1 fully saturated rings. The van der Waals surface area contributed by atoms with E-state index in [-0.39, 0.29) is 19.0 Å². The summed E-state index contributed by atoms with van der Waals surface area (Å²) in [6, 6.07) is 0. The number of nitrogens with zero attached hydrogens (tertiary/aromatic N) is 1. The standard InChI is InChI=1S/C11H20N2O2.ClH/c1-2-3-10(12)9-4-6-13(7-5-9)8-11(14)15;/h9,12H,2-8H2,1H3,(H,14,15);1H. The summed E-state index contributed by atoms with van der Waals surface area (Å²) in [4.78, 5) is 12.5. The van der Waals surface area contributed by atoms with E-state index >= 15 is 0 Å². The van der Waals surface area contributed by atoms with E-state index in [1.807, 2.05) is 4.90 Å². The van der Waals surface area contributed by atoms with Crippen molar-refractivity contribution in [3.63, 3.8) is 0 Å². The predicted octanol–water partition coefficient (Wildman–Crippen LogP) is 2.02. The molecule has 0 radical (unpaired) electrons. The Hall–Kier alpha value is -0.610. The first-order chi connectivity index (χ1) is 7.13. The van der Waals surface area contributed by atoms with E-state index in [4.69, 9.17) is 10.5 Å². The van der Waals surface area contributed by atoms with Crippen molar-refractivity contribution in [3.8, 4) is 0 Å². The zero-order valence-corrected chi connectivity index (χ0v) is 10.6. The van der Waals surface area contributed by atoms with Crippen molar-refractivity contribution in [2.24, 2.45) is 5.92 Å². The molecule has 0 spiro atoms. The topological polar surface area (TPSA) is 64.4 Å². The molecule has 0 bridgehead atoms. The highest BCUT2D eigenvalue weighted by molar-refractivity contribution is 5.85. The molecule has 0 aliphatic carbocycles. The third kappa shape index (κ3) is 4.94. The predicted molar refractivity (Wildman–Crippen MR) is 66.7 cm³/mol. The average Bonchev–Trinajstić information content (AvgIpc) is 2.18. The van der Waals surface area contributed by atoms with Gasteiger partial charge < -0.3 is 10.5 Å². The number of rotatable bonds is 5. The van der Waals surface area contributed by atoms with Crippen LogP contribution >= 0.6 is 12.4 Å². The molecular formula is C11H21ClN2O2. The van der Waals surface area contributed by atoms with Gasteiger partial charge in [0.25, 0.3) is 0 Å². The van der Waals surface area contributed by atoms with Crippen LogP contribution in [0.5, 0.6) is 0 Å². The minimum absolute atomic E-state index is 0. The van der Waals surface area contributed by atoms with Gasteiger partial charge in [0.15, 0.2) is 0 Å². The number of hydrogen-bond donors (Lipinski definition) is 2. The quantitative estimate of drug-likeness (QED) is 0.732. The van der Waals surface area contributed by atoms with Crippen molar-refractivity contribution >= 4 is 24.1 Å². The molecule has 16 heavy (non-hydrogen) atoms. The van der Waals surface area contributed by atoms with Crippen LogP contribution in [-0.4, -0.2) is 41.3 Å². The summed E-state index contributed by atoms with van der Waals surface area (Å²) in [5, 5.41) is 16.5. The molecule has 1 saturated heterocycles. The Morgan fingerprint density at radius 2 is 2.00 bits per heavy atom. The average molecular weight is 249 g/mol. The van der Waals surface area contributed by atoms with E-state index in [0.717, 1.165) is 44.5 Å². The second kappa shape index (κ2) is 7.63. The van der Waals surface area contributed by atoms with Crippen molar-refractivity contribution in [3.05, 3.63) is 0 Å². The second-order valence-corrected chi connectivity index (χ2v) is 4.22. The molecule has 0 aromatic carbocycles. The molecule has 1 heterocycles. The van der Waals surface area contributed by atoms with Crippen LogP contribution in [0.1, 0.15) is 32.6 Å². The van der Waals surface area contributed by atoms with Crippen molar-refractivity contribution in [2.75, 3.05) is 19.6 Å². The van der Waals surface area contributed by atoms with Crippen LogP contribution in [0.15, 0.2) is 0 Å². The maximum absolute atomic E-state index is 10.5. The molecule has 5 heteroatoms. The third-order valence-electron chi connectivity index (χ3n) is 2.96. The van der Waals surface area contributed by atoms with Gasteiger partial charge in [0.05, 0.1) is 6.54 Å². The van der Waals surface area contributed by atoms with Crippen molar-refractivity contribution < 1.29 is 9.90 Å². The minimum Gasteiger partial charge on any atom is -0.480 e. The molecule has 1 aliphatic heterocycles. The van der Waals surface area contributed by atoms with Gasteiger partial charge in [0, 0.05) is 5.71 Å². The smallest absolute Gasteiger partial charge is 0.317 e. The summed E-state index contributed by atoms with van der Waals surface area (Å²) >= 11 is 0. The van der Waals surface area contributed by atoms with Crippen LogP contribution in [0, 0.1) is 11.3 Å². The Kier molecular flexibility index (Phi) is 7.34. The lowest BCUT2D eigenvalue weighted by Crippen LogP contribution is -2.39. The Labute approximate surface area is 103 Å². The van der Waals surface area contributed by atoms with Crippen molar-refractivity contribution in [1.29, 1.82) is 5.41 Å². The number of likely N-dealkylation sites (tertiary alicyclic amines) is 1. The number of carboxylic acids is 1. The zero-order chi connectivity index (χ0) is 11.3.